The summed E-state index contributed by atoms with van der Waals surface area (Å²) in [6.07, 6.45) is 7.73. The molecule has 6 heteroatoms. The molecular weight excluding hydrogens is 426 g/mol. The van der Waals surface area contributed by atoms with E-state index in [4.69, 9.17) is 0 Å². The Kier molecular flexibility index (Phi) is 7.99. The topological polar surface area (TPSA) is 78.5 Å². The number of anilines is 1. The highest BCUT2D eigenvalue weighted by Gasteiger charge is 2.28. The van der Waals surface area contributed by atoms with Crippen molar-refractivity contribution in [1.82, 2.24) is 10.2 Å². The Morgan fingerprint density at radius 2 is 1.44 bits per heavy atom. The van der Waals surface area contributed by atoms with E-state index < -0.39 is 0 Å². The van der Waals surface area contributed by atoms with Crippen LogP contribution in [-0.4, -0.2) is 42.3 Å². The van der Waals surface area contributed by atoms with Gasteiger partial charge in [-0.05, 0) is 74.9 Å². The van der Waals surface area contributed by atoms with Crippen LogP contribution >= 0.6 is 0 Å². The fourth-order valence-electron chi connectivity index (χ4n) is 4.91. The summed E-state index contributed by atoms with van der Waals surface area (Å²) >= 11 is 0. The SMILES string of the molecule is Cc1ccc(C(=O)Nc2ccc(C(=O)N3CCC(C(=O)NCC4CCCCC4)CC3)cc2)cc1. The largest absolute Gasteiger partial charge is 0.356 e. The van der Waals surface area contributed by atoms with Crippen molar-refractivity contribution in [2.75, 3.05) is 25.0 Å². The molecule has 1 aliphatic heterocycles. The maximum Gasteiger partial charge on any atom is 0.255 e. The number of nitrogens with zero attached hydrogens (tertiary/aromatic N) is 1. The number of hydrogen-bond donors (Lipinski definition) is 2. The normalized spacial score (nSPS) is 17.3. The van der Waals surface area contributed by atoms with Crippen LogP contribution < -0.4 is 10.6 Å². The Balaban J connectivity index is 1.23. The Hall–Kier alpha value is -3.15. The molecule has 0 aromatic heterocycles. The predicted octanol–water partition coefficient (Wildman–Crippen LogP) is 4.80. The number of aryl methyl sites for hydroxylation is 1. The van der Waals surface area contributed by atoms with Crippen molar-refractivity contribution in [2.45, 2.75) is 51.9 Å². The molecule has 2 aromatic carbocycles. The van der Waals surface area contributed by atoms with E-state index in [2.05, 4.69) is 10.6 Å². The molecule has 4 rings (SSSR count). The first kappa shape index (κ1) is 24.0. The second kappa shape index (κ2) is 11.3. The minimum absolute atomic E-state index is 0.00740. The quantitative estimate of drug-likeness (QED) is 0.649. The summed E-state index contributed by atoms with van der Waals surface area (Å²) in [6, 6.07) is 14.4. The summed E-state index contributed by atoms with van der Waals surface area (Å²) in [4.78, 5) is 39.7. The third-order valence-electron chi connectivity index (χ3n) is 7.15. The van der Waals surface area contributed by atoms with Crippen LogP contribution in [0.25, 0.3) is 0 Å². The van der Waals surface area contributed by atoms with Crippen LogP contribution in [0.3, 0.4) is 0 Å². The summed E-state index contributed by atoms with van der Waals surface area (Å²) in [5.74, 6) is 0.558. The highest BCUT2D eigenvalue weighted by Crippen LogP contribution is 2.24. The van der Waals surface area contributed by atoms with Gasteiger partial charge in [-0.25, -0.2) is 0 Å². The Bertz CT molecular complexity index is 987. The van der Waals surface area contributed by atoms with E-state index in [9.17, 15) is 14.4 Å². The van der Waals surface area contributed by atoms with Crippen molar-refractivity contribution in [1.29, 1.82) is 0 Å². The van der Waals surface area contributed by atoms with Gasteiger partial charge < -0.3 is 15.5 Å². The van der Waals surface area contributed by atoms with Crippen LogP contribution in [-0.2, 0) is 4.79 Å². The molecule has 2 aliphatic rings. The zero-order valence-corrected chi connectivity index (χ0v) is 20.0. The molecule has 180 valence electrons. The van der Waals surface area contributed by atoms with Crippen LogP contribution in [0.1, 0.15) is 71.2 Å². The van der Waals surface area contributed by atoms with Gasteiger partial charge >= 0.3 is 0 Å². The van der Waals surface area contributed by atoms with E-state index in [-0.39, 0.29) is 23.6 Å². The second-order valence-electron chi connectivity index (χ2n) is 9.71. The zero-order valence-electron chi connectivity index (χ0n) is 20.0. The molecule has 6 nitrogen and oxygen atoms in total. The lowest BCUT2D eigenvalue weighted by atomic mass is 9.89. The van der Waals surface area contributed by atoms with Crippen molar-refractivity contribution in [3.63, 3.8) is 0 Å². The smallest absolute Gasteiger partial charge is 0.255 e. The lowest BCUT2D eigenvalue weighted by Gasteiger charge is -2.32. The number of carbonyl (C=O) groups is 3. The van der Waals surface area contributed by atoms with Gasteiger partial charge in [0, 0.05) is 42.4 Å². The molecule has 0 unspecified atom stereocenters. The van der Waals surface area contributed by atoms with Gasteiger partial charge in [0.15, 0.2) is 0 Å². The fourth-order valence-corrected chi connectivity index (χ4v) is 4.91. The maximum absolute atomic E-state index is 12.9. The molecule has 2 aromatic rings. The standard InChI is InChI=1S/C28H35N3O3/c1-20-7-9-22(10-8-20)27(33)30-25-13-11-24(12-14-25)28(34)31-17-15-23(16-18-31)26(32)29-19-21-5-3-2-4-6-21/h7-14,21,23H,2-6,15-19H2,1H3,(H,29,32)(H,30,33). The minimum Gasteiger partial charge on any atom is -0.356 e. The number of amides is 3. The van der Waals surface area contributed by atoms with Crippen molar-refractivity contribution in [3.8, 4) is 0 Å². The van der Waals surface area contributed by atoms with Crippen LogP contribution in [0.15, 0.2) is 48.5 Å². The average molecular weight is 462 g/mol. The monoisotopic (exact) mass is 461 g/mol. The number of nitrogens with one attached hydrogen (secondary N) is 2. The summed E-state index contributed by atoms with van der Waals surface area (Å²) in [6.45, 7) is 3.95. The fraction of sp³-hybridized carbons (Fsp3) is 0.464. The zero-order chi connectivity index (χ0) is 23.9. The molecule has 1 saturated heterocycles. The van der Waals surface area contributed by atoms with Gasteiger partial charge in [-0.15, -0.1) is 0 Å². The van der Waals surface area contributed by atoms with Crippen molar-refractivity contribution in [3.05, 3.63) is 65.2 Å². The summed E-state index contributed by atoms with van der Waals surface area (Å²) in [5.41, 5.74) is 2.93. The highest BCUT2D eigenvalue weighted by atomic mass is 16.2. The average Bonchev–Trinajstić information content (AvgIpc) is 2.88. The van der Waals surface area contributed by atoms with Crippen LogP contribution in [0, 0.1) is 18.8 Å². The molecule has 34 heavy (non-hydrogen) atoms. The van der Waals surface area contributed by atoms with E-state index in [1.165, 1.54) is 32.1 Å². The Morgan fingerprint density at radius 1 is 0.824 bits per heavy atom. The van der Waals surface area contributed by atoms with Gasteiger partial charge in [0.05, 0.1) is 0 Å². The van der Waals surface area contributed by atoms with Gasteiger partial charge in [-0.2, -0.15) is 0 Å². The molecule has 0 radical (unpaired) electrons. The number of likely N-dealkylation sites (tertiary alicyclic amines) is 1. The lowest BCUT2D eigenvalue weighted by Crippen LogP contribution is -2.43. The van der Waals surface area contributed by atoms with E-state index in [0.717, 1.165) is 12.1 Å². The van der Waals surface area contributed by atoms with Gasteiger partial charge in [0.2, 0.25) is 5.91 Å². The van der Waals surface area contributed by atoms with Crippen molar-refractivity contribution < 1.29 is 14.4 Å². The molecule has 0 spiro atoms. The number of piperidine rings is 1. The van der Waals surface area contributed by atoms with Crippen LogP contribution in [0.4, 0.5) is 5.69 Å². The lowest BCUT2D eigenvalue weighted by molar-refractivity contribution is -0.126. The maximum atomic E-state index is 12.9. The number of carbonyl (C=O) groups excluding carboxylic acids is 3. The first-order valence-electron chi connectivity index (χ1n) is 12.5. The number of benzene rings is 2. The molecule has 0 bridgehead atoms. The summed E-state index contributed by atoms with van der Waals surface area (Å²) in [5, 5.41) is 6.03. The molecule has 1 heterocycles. The van der Waals surface area contributed by atoms with Gasteiger partial charge in [-0.1, -0.05) is 37.0 Å². The third kappa shape index (κ3) is 6.25. The number of hydrogen-bond acceptors (Lipinski definition) is 3. The number of rotatable bonds is 6. The first-order chi connectivity index (χ1) is 16.5. The van der Waals surface area contributed by atoms with Gasteiger partial charge in [0.25, 0.3) is 11.8 Å². The molecule has 2 fully saturated rings. The Morgan fingerprint density at radius 3 is 2.09 bits per heavy atom. The predicted molar refractivity (Wildman–Crippen MR) is 134 cm³/mol. The van der Waals surface area contributed by atoms with E-state index in [1.54, 1.807) is 36.4 Å². The minimum atomic E-state index is -0.178. The van der Waals surface area contributed by atoms with E-state index >= 15 is 0 Å². The molecule has 0 atom stereocenters. The molecule has 1 aliphatic carbocycles. The molecular formula is C28H35N3O3. The molecule has 1 saturated carbocycles. The van der Waals surface area contributed by atoms with Gasteiger partial charge in [-0.3, -0.25) is 14.4 Å². The summed E-state index contributed by atoms with van der Waals surface area (Å²) in [7, 11) is 0. The molecule has 2 N–H and O–H groups in total. The Labute approximate surface area is 202 Å². The van der Waals surface area contributed by atoms with Crippen LogP contribution in [0.5, 0.6) is 0 Å². The highest BCUT2D eigenvalue weighted by molar-refractivity contribution is 6.04. The van der Waals surface area contributed by atoms with E-state index in [0.29, 0.717) is 48.7 Å². The first-order valence-corrected chi connectivity index (χ1v) is 12.5. The third-order valence-corrected chi connectivity index (χ3v) is 7.15. The summed E-state index contributed by atoms with van der Waals surface area (Å²) < 4.78 is 0. The van der Waals surface area contributed by atoms with Crippen molar-refractivity contribution >= 4 is 23.4 Å². The van der Waals surface area contributed by atoms with Gasteiger partial charge in [0.1, 0.15) is 0 Å². The second-order valence-corrected chi connectivity index (χ2v) is 9.71. The molecule has 3 amide bonds. The van der Waals surface area contributed by atoms with Crippen LogP contribution in [0.2, 0.25) is 0 Å². The van der Waals surface area contributed by atoms with E-state index in [1.807, 2.05) is 24.0 Å². The van der Waals surface area contributed by atoms with Crippen molar-refractivity contribution in [2.24, 2.45) is 11.8 Å².